The Morgan fingerprint density at radius 2 is 2.06 bits per heavy atom. The first kappa shape index (κ1) is 13.8. The molecule has 0 aliphatic carbocycles. The molecule has 1 saturated heterocycles. The highest BCUT2D eigenvalue weighted by molar-refractivity contribution is 5.86. The van der Waals surface area contributed by atoms with E-state index in [0.717, 1.165) is 0 Å². The number of hydrogen-bond acceptors (Lipinski definition) is 3. The number of carbonyl (C=O) groups is 2. The topological polar surface area (TPSA) is 86.9 Å². The smallest absolute Gasteiger partial charge is 0.320 e. The first-order valence-electron chi connectivity index (χ1n) is 5.83. The predicted molar refractivity (Wildman–Crippen MR) is 63.2 cm³/mol. The van der Waals surface area contributed by atoms with Crippen LogP contribution in [-0.4, -0.2) is 59.1 Å². The number of nitrogens with two attached hydrogens (primary N) is 1. The van der Waals surface area contributed by atoms with Gasteiger partial charge in [-0.3, -0.25) is 4.79 Å². The number of amides is 3. The molecule has 6 nitrogen and oxygen atoms in total. The number of rotatable bonds is 3. The van der Waals surface area contributed by atoms with Crippen LogP contribution < -0.4 is 5.73 Å². The molecule has 1 heterocycles. The van der Waals surface area contributed by atoms with Gasteiger partial charge in [-0.1, -0.05) is 13.8 Å². The fourth-order valence-electron chi connectivity index (χ4n) is 2.22. The molecule has 0 unspecified atom stereocenters. The largest absolute Gasteiger partial charge is 0.391 e. The molecule has 2 atom stereocenters. The van der Waals surface area contributed by atoms with Crippen LogP contribution in [0.15, 0.2) is 0 Å². The molecule has 0 aromatic heterocycles. The molecule has 1 aliphatic heterocycles. The highest BCUT2D eigenvalue weighted by Crippen LogP contribution is 2.15. The molecule has 17 heavy (non-hydrogen) atoms. The summed E-state index contributed by atoms with van der Waals surface area (Å²) in [6.07, 6.45) is 0.126. The summed E-state index contributed by atoms with van der Waals surface area (Å²) in [5.41, 5.74) is 5.30. The van der Waals surface area contributed by atoms with Crippen LogP contribution in [0.1, 0.15) is 20.3 Å². The van der Waals surface area contributed by atoms with Crippen LogP contribution >= 0.6 is 0 Å². The van der Waals surface area contributed by atoms with Gasteiger partial charge in [0.2, 0.25) is 5.91 Å². The van der Waals surface area contributed by atoms with Gasteiger partial charge in [0.05, 0.1) is 6.10 Å². The average Bonchev–Trinajstić information content (AvgIpc) is 2.62. The summed E-state index contributed by atoms with van der Waals surface area (Å²) in [5, 5.41) is 9.38. The van der Waals surface area contributed by atoms with E-state index in [9.17, 15) is 14.7 Å². The molecule has 3 N–H and O–H groups in total. The molecule has 1 aliphatic rings. The average molecular weight is 243 g/mol. The monoisotopic (exact) mass is 243 g/mol. The van der Waals surface area contributed by atoms with Crippen LogP contribution in [-0.2, 0) is 4.79 Å². The summed E-state index contributed by atoms with van der Waals surface area (Å²) in [6.45, 7) is 4.54. The number of urea groups is 1. The van der Waals surface area contributed by atoms with E-state index in [1.54, 1.807) is 11.9 Å². The van der Waals surface area contributed by atoms with Crippen molar-refractivity contribution in [2.24, 2.45) is 11.7 Å². The molecule has 1 rings (SSSR count). The minimum absolute atomic E-state index is 0.0334. The fourth-order valence-corrected chi connectivity index (χ4v) is 2.22. The van der Waals surface area contributed by atoms with Gasteiger partial charge in [-0.15, -0.1) is 0 Å². The maximum absolute atomic E-state index is 12.1. The molecule has 0 saturated carbocycles. The van der Waals surface area contributed by atoms with Crippen molar-refractivity contribution in [3.05, 3.63) is 0 Å². The number of aliphatic hydroxyl groups is 1. The van der Waals surface area contributed by atoms with Gasteiger partial charge in [0.15, 0.2) is 0 Å². The highest BCUT2D eigenvalue weighted by Gasteiger charge is 2.33. The Kier molecular flexibility index (Phi) is 4.34. The molecule has 0 aromatic carbocycles. The van der Waals surface area contributed by atoms with Crippen LogP contribution in [0.5, 0.6) is 0 Å². The summed E-state index contributed by atoms with van der Waals surface area (Å²) in [4.78, 5) is 26.3. The zero-order chi connectivity index (χ0) is 13.2. The lowest BCUT2D eigenvalue weighted by Crippen LogP contribution is -2.52. The molecule has 98 valence electrons. The van der Waals surface area contributed by atoms with Crippen LogP contribution in [0.25, 0.3) is 0 Å². The van der Waals surface area contributed by atoms with Crippen LogP contribution in [0.3, 0.4) is 0 Å². The molecule has 6 heteroatoms. The number of aliphatic hydroxyl groups excluding tert-OH is 1. The lowest BCUT2D eigenvalue weighted by atomic mass is 10.0. The van der Waals surface area contributed by atoms with Gasteiger partial charge in [-0.05, 0) is 12.3 Å². The number of nitrogens with zero attached hydrogens (tertiary/aromatic N) is 2. The van der Waals surface area contributed by atoms with E-state index < -0.39 is 18.1 Å². The van der Waals surface area contributed by atoms with Gasteiger partial charge in [0, 0.05) is 20.1 Å². The minimum Gasteiger partial charge on any atom is -0.391 e. The van der Waals surface area contributed by atoms with E-state index in [0.29, 0.717) is 19.5 Å². The van der Waals surface area contributed by atoms with E-state index >= 15 is 0 Å². The minimum atomic E-state index is -0.611. The number of β-amino-alcohol motifs (C(OH)–C–C–N with tert-alkyl or cyclic N) is 1. The van der Waals surface area contributed by atoms with E-state index in [1.165, 1.54) is 4.90 Å². The van der Waals surface area contributed by atoms with Crippen LogP contribution in [0.2, 0.25) is 0 Å². The van der Waals surface area contributed by atoms with Crippen molar-refractivity contribution in [3.63, 3.8) is 0 Å². The second kappa shape index (κ2) is 5.35. The van der Waals surface area contributed by atoms with Gasteiger partial charge in [0.25, 0.3) is 0 Å². The summed E-state index contributed by atoms with van der Waals surface area (Å²) < 4.78 is 0. The molecule has 0 bridgehead atoms. The Morgan fingerprint density at radius 3 is 2.41 bits per heavy atom. The number of hydrogen-bond donors (Lipinski definition) is 2. The third-order valence-corrected chi connectivity index (χ3v) is 3.08. The van der Waals surface area contributed by atoms with Crippen molar-refractivity contribution in [2.75, 3.05) is 20.1 Å². The van der Waals surface area contributed by atoms with E-state index in [-0.39, 0.29) is 11.9 Å². The lowest BCUT2D eigenvalue weighted by Gasteiger charge is -2.32. The second-order valence-electron chi connectivity index (χ2n) is 4.87. The highest BCUT2D eigenvalue weighted by atomic mass is 16.3. The van der Waals surface area contributed by atoms with Gasteiger partial charge in [-0.2, -0.15) is 0 Å². The van der Waals surface area contributed by atoms with Crippen molar-refractivity contribution in [1.82, 2.24) is 9.80 Å². The SMILES string of the molecule is CC(C)[C@@H](C(N)=O)N(C)C(=O)N1CC[C@@H](O)C1. The van der Waals surface area contributed by atoms with Crippen molar-refractivity contribution in [1.29, 1.82) is 0 Å². The zero-order valence-electron chi connectivity index (χ0n) is 10.6. The molecular weight excluding hydrogens is 222 g/mol. The molecule has 0 radical (unpaired) electrons. The summed E-state index contributed by atoms with van der Waals surface area (Å²) >= 11 is 0. The maximum atomic E-state index is 12.1. The van der Waals surface area contributed by atoms with Gasteiger partial charge < -0.3 is 20.6 Å². The first-order valence-corrected chi connectivity index (χ1v) is 5.83. The molecule has 0 spiro atoms. The van der Waals surface area contributed by atoms with Crippen LogP contribution in [0.4, 0.5) is 4.79 Å². The zero-order valence-corrected chi connectivity index (χ0v) is 10.6. The van der Waals surface area contributed by atoms with E-state index in [4.69, 9.17) is 5.73 Å². The Bertz CT molecular complexity index is 306. The van der Waals surface area contributed by atoms with Crippen LogP contribution in [0, 0.1) is 5.92 Å². The maximum Gasteiger partial charge on any atom is 0.320 e. The fraction of sp³-hybridized carbons (Fsp3) is 0.818. The number of likely N-dealkylation sites (tertiary alicyclic amines) is 1. The summed E-state index contributed by atoms with van der Waals surface area (Å²) in [5.74, 6) is -0.537. The molecule has 1 fully saturated rings. The Labute approximate surface area is 101 Å². The Morgan fingerprint density at radius 1 is 1.47 bits per heavy atom. The number of likely N-dealkylation sites (N-methyl/N-ethyl adjacent to an activating group) is 1. The van der Waals surface area contributed by atoms with E-state index in [1.807, 2.05) is 13.8 Å². The van der Waals surface area contributed by atoms with Crippen molar-refractivity contribution >= 4 is 11.9 Å². The van der Waals surface area contributed by atoms with Gasteiger partial charge in [-0.25, -0.2) is 4.79 Å². The number of primary amides is 1. The molecule has 3 amide bonds. The molecular formula is C11H21N3O3. The predicted octanol–water partition coefficient (Wildman–Crippen LogP) is -0.385. The second-order valence-corrected chi connectivity index (χ2v) is 4.87. The summed E-state index contributed by atoms with van der Waals surface area (Å²) in [7, 11) is 1.57. The molecule has 0 aromatic rings. The third-order valence-electron chi connectivity index (χ3n) is 3.08. The quantitative estimate of drug-likeness (QED) is 0.708. The Balaban J connectivity index is 2.70. The third kappa shape index (κ3) is 3.09. The first-order chi connectivity index (χ1) is 7.84. The normalized spacial score (nSPS) is 21.7. The van der Waals surface area contributed by atoms with Crippen molar-refractivity contribution in [3.8, 4) is 0 Å². The van der Waals surface area contributed by atoms with Gasteiger partial charge >= 0.3 is 6.03 Å². The van der Waals surface area contributed by atoms with E-state index in [2.05, 4.69) is 0 Å². The number of carbonyl (C=O) groups excluding carboxylic acids is 2. The van der Waals surface area contributed by atoms with Gasteiger partial charge in [0.1, 0.15) is 6.04 Å². The standard InChI is InChI=1S/C11H21N3O3/c1-7(2)9(10(12)16)13(3)11(17)14-5-4-8(15)6-14/h7-9,15H,4-6H2,1-3H3,(H2,12,16)/t8-,9+/m1/s1. The summed E-state index contributed by atoms with van der Waals surface area (Å²) in [6, 6.07) is -0.862. The lowest BCUT2D eigenvalue weighted by molar-refractivity contribution is -0.123. The Hall–Kier alpha value is -1.30. The van der Waals surface area contributed by atoms with Crippen molar-refractivity contribution in [2.45, 2.75) is 32.4 Å². The van der Waals surface area contributed by atoms with Crippen molar-refractivity contribution < 1.29 is 14.7 Å².